The molecule has 158 valence electrons. The molecule has 2 aromatic heterocycles. The van der Waals surface area contributed by atoms with Crippen molar-refractivity contribution in [3.8, 4) is 11.3 Å². The Labute approximate surface area is 179 Å². The SMILES string of the molecule is CCOC(=O)CSc1nn(CC)c2nc3c(c(=O)n12)[C@](C)(CC)Cc1ccccc1-3. The maximum Gasteiger partial charge on any atom is 0.316 e. The number of thioether (sulfide) groups is 1. The number of hydrogen-bond acceptors (Lipinski definition) is 6. The lowest BCUT2D eigenvalue weighted by atomic mass is 9.69. The molecule has 1 aliphatic carbocycles. The number of benzene rings is 1. The van der Waals surface area contributed by atoms with Gasteiger partial charge in [0.05, 0.1) is 23.6 Å². The fourth-order valence-corrected chi connectivity index (χ4v) is 4.91. The van der Waals surface area contributed by atoms with Crippen LogP contribution in [0.15, 0.2) is 34.2 Å². The second-order valence-electron chi connectivity index (χ2n) is 7.72. The summed E-state index contributed by atoms with van der Waals surface area (Å²) in [7, 11) is 0. The first kappa shape index (κ1) is 20.7. The molecule has 0 saturated carbocycles. The number of carbonyl (C=O) groups excluding carboxylic acids is 1. The summed E-state index contributed by atoms with van der Waals surface area (Å²) in [5.74, 6) is 0.275. The van der Waals surface area contributed by atoms with Gasteiger partial charge in [-0.3, -0.25) is 9.59 Å². The zero-order valence-electron chi connectivity index (χ0n) is 17.8. The molecular formula is C22H26N4O3S. The summed E-state index contributed by atoms with van der Waals surface area (Å²) in [5.41, 5.74) is 3.30. The number of ether oxygens (including phenoxy) is 1. The van der Waals surface area contributed by atoms with E-state index in [9.17, 15) is 9.59 Å². The number of rotatable bonds is 6. The second-order valence-corrected chi connectivity index (χ2v) is 8.66. The number of hydrogen-bond donors (Lipinski definition) is 0. The van der Waals surface area contributed by atoms with Crippen LogP contribution < -0.4 is 5.56 Å². The summed E-state index contributed by atoms with van der Waals surface area (Å²) < 4.78 is 8.30. The number of carbonyl (C=O) groups is 1. The van der Waals surface area contributed by atoms with Crippen LogP contribution in [0.5, 0.6) is 0 Å². The fraction of sp³-hybridized carbons (Fsp3) is 0.455. The first-order chi connectivity index (χ1) is 14.4. The fourth-order valence-electron chi connectivity index (χ4n) is 4.13. The van der Waals surface area contributed by atoms with E-state index >= 15 is 0 Å². The van der Waals surface area contributed by atoms with Crippen LogP contribution in [0, 0.1) is 0 Å². The van der Waals surface area contributed by atoms with Crippen LogP contribution in [0.2, 0.25) is 0 Å². The number of nitrogens with zero attached hydrogens (tertiary/aromatic N) is 4. The molecule has 0 bridgehead atoms. The number of fused-ring (bicyclic) bond motifs is 4. The van der Waals surface area contributed by atoms with Crippen molar-refractivity contribution in [3.05, 3.63) is 45.7 Å². The Kier molecular flexibility index (Phi) is 5.44. The van der Waals surface area contributed by atoms with Crippen molar-refractivity contribution < 1.29 is 9.53 Å². The third-order valence-electron chi connectivity index (χ3n) is 5.85. The molecule has 0 aliphatic heterocycles. The molecule has 7 nitrogen and oxygen atoms in total. The summed E-state index contributed by atoms with van der Waals surface area (Å²) >= 11 is 1.21. The van der Waals surface area contributed by atoms with E-state index in [2.05, 4.69) is 25.0 Å². The van der Waals surface area contributed by atoms with E-state index in [4.69, 9.17) is 9.72 Å². The third-order valence-corrected chi connectivity index (χ3v) is 6.76. The maximum atomic E-state index is 13.8. The van der Waals surface area contributed by atoms with Gasteiger partial charge in [-0.2, -0.15) is 0 Å². The highest BCUT2D eigenvalue weighted by atomic mass is 32.2. The molecule has 1 aliphatic rings. The standard InChI is InChI=1S/C22H26N4O3S/c1-5-22(4)12-14-10-8-9-11-15(14)18-17(22)19(28)26-20(23-18)25(6-2)24-21(26)30-13-16(27)29-7-3/h8-11H,5-7,12-13H2,1-4H3/t22-/m1/s1. The van der Waals surface area contributed by atoms with Gasteiger partial charge in [0.15, 0.2) is 5.16 Å². The van der Waals surface area contributed by atoms with E-state index in [0.29, 0.717) is 24.1 Å². The molecule has 2 heterocycles. The van der Waals surface area contributed by atoms with Gasteiger partial charge in [-0.15, -0.1) is 5.10 Å². The summed E-state index contributed by atoms with van der Waals surface area (Å²) in [5, 5.41) is 5.04. The Morgan fingerprint density at radius 2 is 2.03 bits per heavy atom. The maximum absolute atomic E-state index is 13.8. The van der Waals surface area contributed by atoms with Crippen LogP contribution >= 0.6 is 11.8 Å². The van der Waals surface area contributed by atoms with Crippen LogP contribution in [-0.4, -0.2) is 37.5 Å². The van der Waals surface area contributed by atoms with Gasteiger partial charge in [-0.1, -0.05) is 49.9 Å². The van der Waals surface area contributed by atoms with Crippen molar-refractivity contribution in [1.82, 2.24) is 19.2 Å². The van der Waals surface area contributed by atoms with Gasteiger partial charge in [0.25, 0.3) is 5.56 Å². The van der Waals surface area contributed by atoms with Gasteiger partial charge in [-0.25, -0.2) is 14.1 Å². The van der Waals surface area contributed by atoms with Crippen molar-refractivity contribution in [1.29, 1.82) is 0 Å². The van der Waals surface area contributed by atoms with Gasteiger partial charge in [-0.05, 0) is 32.3 Å². The van der Waals surface area contributed by atoms with Crippen LogP contribution in [0.1, 0.15) is 45.2 Å². The van der Waals surface area contributed by atoms with Gasteiger partial charge < -0.3 is 4.74 Å². The molecule has 0 unspecified atom stereocenters. The lowest BCUT2D eigenvalue weighted by molar-refractivity contribution is -0.139. The monoisotopic (exact) mass is 426 g/mol. The van der Waals surface area contributed by atoms with Gasteiger partial charge >= 0.3 is 5.97 Å². The number of aromatic nitrogens is 4. The zero-order chi connectivity index (χ0) is 21.5. The highest BCUT2D eigenvalue weighted by Gasteiger charge is 2.38. The average molecular weight is 427 g/mol. The minimum absolute atomic E-state index is 0.0973. The molecular weight excluding hydrogens is 400 g/mol. The quantitative estimate of drug-likeness (QED) is 0.444. The molecule has 1 atom stereocenters. The van der Waals surface area contributed by atoms with Crippen LogP contribution in [0.4, 0.5) is 0 Å². The molecule has 0 spiro atoms. The molecule has 8 heteroatoms. The lowest BCUT2D eigenvalue weighted by Crippen LogP contribution is -2.38. The molecule has 0 fully saturated rings. The summed E-state index contributed by atoms with van der Waals surface area (Å²) in [6.45, 7) is 8.87. The van der Waals surface area contributed by atoms with Crippen molar-refractivity contribution in [2.24, 2.45) is 0 Å². The Morgan fingerprint density at radius 3 is 2.73 bits per heavy atom. The first-order valence-electron chi connectivity index (χ1n) is 10.3. The van der Waals surface area contributed by atoms with Crippen LogP contribution in [0.3, 0.4) is 0 Å². The van der Waals surface area contributed by atoms with Gasteiger partial charge in [0.2, 0.25) is 5.78 Å². The van der Waals surface area contributed by atoms with E-state index in [-0.39, 0.29) is 22.7 Å². The van der Waals surface area contributed by atoms with E-state index < -0.39 is 0 Å². The van der Waals surface area contributed by atoms with E-state index in [0.717, 1.165) is 29.7 Å². The molecule has 3 aromatic rings. The van der Waals surface area contributed by atoms with Crippen molar-refractivity contribution >= 4 is 23.5 Å². The molecule has 0 amide bonds. The molecule has 0 radical (unpaired) electrons. The minimum Gasteiger partial charge on any atom is -0.465 e. The van der Waals surface area contributed by atoms with Crippen molar-refractivity contribution in [2.45, 2.75) is 57.7 Å². The second kappa shape index (κ2) is 7.91. The summed E-state index contributed by atoms with van der Waals surface area (Å²) in [4.78, 5) is 30.6. The van der Waals surface area contributed by atoms with Gasteiger partial charge in [0, 0.05) is 17.5 Å². The summed E-state index contributed by atoms with van der Waals surface area (Å²) in [6, 6.07) is 8.17. The number of esters is 1. The summed E-state index contributed by atoms with van der Waals surface area (Å²) in [6.07, 6.45) is 1.62. The third kappa shape index (κ3) is 3.23. The predicted octanol–water partition coefficient (Wildman–Crippen LogP) is 3.46. The van der Waals surface area contributed by atoms with Crippen LogP contribution in [-0.2, 0) is 27.9 Å². The first-order valence-corrected chi connectivity index (χ1v) is 11.3. The normalized spacial score (nSPS) is 17.6. The highest BCUT2D eigenvalue weighted by Crippen LogP contribution is 2.42. The van der Waals surface area contributed by atoms with Crippen molar-refractivity contribution in [3.63, 3.8) is 0 Å². The Morgan fingerprint density at radius 1 is 1.27 bits per heavy atom. The van der Waals surface area contributed by atoms with Gasteiger partial charge in [0.1, 0.15) is 0 Å². The molecule has 1 aromatic carbocycles. The smallest absolute Gasteiger partial charge is 0.316 e. The molecule has 0 saturated heterocycles. The van der Waals surface area contributed by atoms with E-state index in [1.54, 1.807) is 16.0 Å². The van der Waals surface area contributed by atoms with Crippen LogP contribution in [0.25, 0.3) is 17.0 Å². The highest BCUT2D eigenvalue weighted by molar-refractivity contribution is 7.99. The lowest BCUT2D eigenvalue weighted by Gasteiger charge is -2.35. The Hall–Kier alpha value is -2.61. The topological polar surface area (TPSA) is 78.5 Å². The van der Waals surface area contributed by atoms with E-state index in [1.807, 2.05) is 25.1 Å². The minimum atomic E-state index is -0.326. The predicted molar refractivity (Wildman–Crippen MR) is 117 cm³/mol. The molecule has 0 N–H and O–H groups in total. The molecule has 30 heavy (non-hydrogen) atoms. The zero-order valence-corrected chi connectivity index (χ0v) is 18.6. The Bertz CT molecular complexity index is 1180. The molecule has 4 rings (SSSR count). The van der Waals surface area contributed by atoms with Crippen molar-refractivity contribution in [2.75, 3.05) is 12.4 Å². The van der Waals surface area contributed by atoms with E-state index in [1.165, 1.54) is 17.3 Å². The largest absolute Gasteiger partial charge is 0.465 e. The Balaban J connectivity index is 1.96. The number of aryl methyl sites for hydroxylation is 1. The average Bonchev–Trinajstić information content (AvgIpc) is 3.10.